The van der Waals surface area contributed by atoms with Crippen molar-refractivity contribution < 1.29 is 4.79 Å². The van der Waals surface area contributed by atoms with Gasteiger partial charge in [0.15, 0.2) is 5.82 Å². The van der Waals surface area contributed by atoms with Crippen LogP contribution in [0.1, 0.15) is 10.4 Å². The lowest BCUT2D eigenvalue weighted by molar-refractivity contribution is 0.0746. The number of hydrogen-bond donors (Lipinski definition) is 0. The first-order valence-electron chi connectivity index (χ1n) is 9.39. The summed E-state index contributed by atoms with van der Waals surface area (Å²) in [6.07, 6.45) is 5.73. The van der Waals surface area contributed by atoms with Gasteiger partial charge >= 0.3 is 0 Å². The summed E-state index contributed by atoms with van der Waals surface area (Å²) in [6, 6.07) is 13.8. The number of nitrogens with zero attached hydrogens (tertiary/aromatic N) is 6. The van der Waals surface area contributed by atoms with Crippen molar-refractivity contribution in [1.82, 2.24) is 19.7 Å². The van der Waals surface area contributed by atoms with Gasteiger partial charge in [-0.05, 0) is 36.4 Å². The highest BCUT2D eigenvalue weighted by molar-refractivity contribution is 5.94. The monoisotopic (exact) mass is 376 g/mol. The van der Waals surface area contributed by atoms with Crippen LogP contribution in [0.15, 0.2) is 61.1 Å². The van der Waals surface area contributed by atoms with Crippen LogP contribution in [-0.4, -0.2) is 65.8 Å². The first-order chi connectivity index (χ1) is 13.6. The Morgan fingerprint density at radius 1 is 1.00 bits per heavy atom. The van der Waals surface area contributed by atoms with E-state index in [-0.39, 0.29) is 5.91 Å². The third-order valence-corrected chi connectivity index (χ3v) is 5.05. The fraction of sp³-hybridized carbons (Fsp3) is 0.286. The smallest absolute Gasteiger partial charge is 0.253 e. The van der Waals surface area contributed by atoms with Crippen LogP contribution in [-0.2, 0) is 0 Å². The standard InChI is InChI=1S/C21H24N6O/c1-24(2)19-15-20(23-22-16-19)26-11-13-27(14-12-26)21(28)17-5-7-18(8-6-17)25-9-3-4-10-25/h3-10,15-16H,11-14H2,1-2H3. The molecule has 0 spiro atoms. The molecule has 28 heavy (non-hydrogen) atoms. The minimum atomic E-state index is 0.0758. The van der Waals surface area contributed by atoms with Gasteiger partial charge in [0.1, 0.15) is 0 Å². The second-order valence-electron chi connectivity index (χ2n) is 7.08. The Bertz CT molecular complexity index is 928. The van der Waals surface area contributed by atoms with Gasteiger partial charge in [-0.1, -0.05) is 0 Å². The van der Waals surface area contributed by atoms with Gasteiger partial charge in [0, 0.05) is 70.0 Å². The molecule has 0 saturated carbocycles. The molecule has 0 aliphatic carbocycles. The number of rotatable bonds is 4. The maximum Gasteiger partial charge on any atom is 0.253 e. The minimum Gasteiger partial charge on any atom is -0.376 e. The summed E-state index contributed by atoms with van der Waals surface area (Å²) < 4.78 is 2.02. The molecular formula is C21H24N6O. The van der Waals surface area contributed by atoms with Crippen molar-refractivity contribution in [3.63, 3.8) is 0 Å². The van der Waals surface area contributed by atoms with Gasteiger partial charge in [0.05, 0.1) is 11.9 Å². The van der Waals surface area contributed by atoms with Gasteiger partial charge < -0.3 is 19.3 Å². The number of piperazine rings is 1. The SMILES string of the molecule is CN(C)c1cnnc(N2CCN(C(=O)c3ccc(-n4cccc4)cc3)CC2)c1. The highest BCUT2D eigenvalue weighted by atomic mass is 16.2. The van der Waals surface area contributed by atoms with Crippen LogP contribution in [0.3, 0.4) is 0 Å². The molecule has 3 heterocycles. The number of amides is 1. The van der Waals surface area contributed by atoms with E-state index in [4.69, 9.17) is 0 Å². The topological polar surface area (TPSA) is 57.5 Å². The van der Waals surface area contributed by atoms with Crippen LogP contribution >= 0.6 is 0 Å². The fourth-order valence-electron chi connectivity index (χ4n) is 3.35. The summed E-state index contributed by atoms with van der Waals surface area (Å²) in [7, 11) is 3.97. The maximum atomic E-state index is 12.9. The predicted molar refractivity (Wildman–Crippen MR) is 110 cm³/mol. The van der Waals surface area contributed by atoms with Crippen molar-refractivity contribution in [2.24, 2.45) is 0 Å². The molecule has 3 aromatic rings. The van der Waals surface area contributed by atoms with Crippen molar-refractivity contribution >= 4 is 17.4 Å². The lowest BCUT2D eigenvalue weighted by atomic mass is 10.1. The fourth-order valence-corrected chi connectivity index (χ4v) is 3.35. The van der Waals surface area contributed by atoms with Gasteiger partial charge in [-0.3, -0.25) is 4.79 Å². The quantitative estimate of drug-likeness (QED) is 0.699. The van der Waals surface area contributed by atoms with Crippen molar-refractivity contribution in [2.45, 2.75) is 0 Å². The molecule has 1 aliphatic rings. The third-order valence-electron chi connectivity index (χ3n) is 5.05. The van der Waals surface area contributed by atoms with Crippen LogP contribution < -0.4 is 9.80 Å². The normalized spacial score (nSPS) is 14.2. The zero-order valence-corrected chi connectivity index (χ0v) is 16.2. The van der Waals surface area contributed by atoms with Crippen LogP contribution in [0.2, 0.25) is 0 Å². The van der Waals surface area contributed by atoms with Gasteiger partial charge in [-0.25, -0.2) is 0 Å². The largest absolute Gasteiger partial charge is 0.376 e. The molecule has 1 amide bonds. The van der Waals surface area contributed by atoms with Crippen molar-refractivity contribution in [3.05, 3.63) is 66.6 Å². The Hall–Kier alpha value is -3.35. The molecule has 1 aliphatic heterocycles. The van der Waals surface area contributed by atoms with E-state index < -0.39 is 0 Å². The number of hydrogen-bond acceptors (Lipinski definition) is 5. The summed E-state index contributed by atoms with van der Waals surface area (Å²) in [5, 5.41) is 8.35. The number of benzene rings is 1. The molecule has 0 radical (unpaired) electrons. The molecule has 1 aromatic carbocycles. The third kappa shape index (κ3) is 3.69. The van der Waals surface area contributed by atoms with Gasteiger partial charge in [-0.15, -0.1) is 5.10 Å². The van der Waals surface area contributed by atoms with E-state index in [1.807, 2.05) is 83.3 Å². The zero-order chi connectivity index (χ0) is 19.5. The van der Waals surface area contributed by atoms with Crippen LogP contribution in [0.5, 0.6) is 0 Å². The molecule has 7 nitrogen and oxygen atoms in total. The van der Waals surface area contributed by atoms with Crippen molar-refractivity contribution in [1.29, 1.82) is 0 Å². The Balaban J connectivity index is 1.39. The molecule has 0 atom stereocenters. The molecule has 7 heteroatoms. The number of carbonyl (C=O) groups is 1. The van der Waals surface area contributed by atoms with E-state index in [0.29, 0.717) is 13.1 Å². The molecule has 0 unspecified atom stereocenters. The zero-order valence-electron chi connectivity index (χ0n) is 16.2. The van der Waals surface area contributed by atoms with E-state index in [1.54, 1.807) is 6.20 Å². The Kier molecular flexibility index (Phi) is 4.97. The molecule has 1 saturated heterocycles. The first-order valence-corrected chi connectivity index (χ1v) is 9.39. The van der Waals surface area contributed by atoms with Crippen LogP contribution in [0, 0.1) is 0 Å². The first kappa shape index (κ1) is 18.0. The van der Waals surface area contributed by atoms with E-state index >= 15 is 0 Å². The summed E-state index contributed by atoms with van der Waals surface area (Å²) in [5.41, 5.74) is 2.79. The second-order valence-corrected chi connectivity index (χ2v) is 7.08. The van der Waals surface area contributed by atoms with E-state index in [0.717, 1.165) is 35.8 Å². The molecule has 0 N–H and O–H groups in total. The van der Waals surface area contributed by atoms with E-state index in [9.17, 15) is 4.79 Å². The van der Waals surface area contributed by atoms with Crippen molar-refractivity contribution in [2.75, 3.05) is 50.1 Å². The summed E-state index contributed by atoms with van der Waals surface area (Å²) >= 11 is 0. The highest BCUT2D eigenvalue weighted by Crippen LogP contribution is 2.19. The summed E-state index contributed by atoms with van der Waals surface area (Å²) in [6.45, 7) is 2.84. The maximum absolute atomic E-state index is 12.9. The highest BCUT2D eigenvalue weighted by Gasteiger charge is 2.23. The summed E-state index contributed by atoms with van der Waals surface area (Å²) in [4.78, 5) is 18.9. The van der Waals surface area contributed by atoms with Gasteiger partial charge in [0.2, 0.25) is 0 Å². The van der Waals surface area contributed by atoms with Gasteiger partial charge in [0.25, 0.3) is 5.91 Å². The number of aromatic nitrogens is 3. The molecule has 1 fully saturated rings. The Morgan fingerprint density at radius 2 is 1.68 bits per heavy atom. The molecular weight excluding hydrogens is 352 g/mol. The van der Waals surface area contributed by atoms with Crippen molar-refractivity contribution in [3.8, 4) is 5.69 Å². The average Bonchev–Trinajstić information content (AvgIpc) is 3.28. The lowest BCUT2D eigenvalue weighted by Crippen LogP contribution is -2.49. The molecule has 144 valence electrons. The summed E-state index contributed by atoms with van der Waals surface area (Å²) in [5.74, 6) is 0.932. The predicted octanol–water partition coefficient (Wildman–Crippen LogP) is 2.30. The number of carbonyl (C=O) groups excluding carboxylic acids is 1. The van der Waals surface area contributed by atoms with Gasteiger partial charge in [-0.2, -0.15) is 5.10 Å². The Morgan fingerprint density at radius 3 is 2.32 bits per heavy atom. The Labute approximate surface area is 164 Å². The molecule has 2 aromatic heterocycles. The van der Waals surface area contributed by atoms with E-state index in [2.05, 4.69) is 15.1 Å². The molecule has 4 rings (SSSR count). The molecule has 0 bridgehead atoms. The van der Waals surface area contributed by atoms with E-state index in [1.165, 1.54) is 0 Å². The average molecular weight is 376 g/mol. The lowest BCUT2D eigenvalue weighted by Gasteiger charge is -2.35. The number of anilines is 2. The minimum absolute atomic E-state index is 0.0758. The van der Waals surface area contributed by atoms with Crippen LogP contribution in [0.4, 0.5) is 11.5 Å². The second kappa shape index (κ2) is 7.72. The van der Waals surface area contributed by atoms with Crippen LogP contribution in [0.25, 0.3) is 5.69 Å².